The molecule has 0 aliphatic heterocycles. The van der Waals surface area contributed by atoms with Crippen molar-refractivity contribution in [2.24, 2.45) is 0 Å². The van der Waals surface area contributed by atoms with E-state index in [0.717, 1.165) is 12.2 Å². The second-order valence-corrected chi connectivity index (χ2v) is 6.13. The van der Waals surface area contributed by atoms with Crippen LogP contribution < -0.4 is 0 Å². The molecule has 0 saturated heterocycles. The van der Waals surface area contributed by atoms with Gasteiger partial charge in [0.2, 0.25) is 0 Å². The van der Waals surface area contributed by atoms with Gasteiger partial charge < -0.3 is 19.9 Å². The van der Waals surface area contributed by atoms with E-state index in [4.69, 9.17) is 4.74 Å². The molecular formula is C20H23ClN2O4. The lowest BCUT2D eigenvalue weighted by Crippen LogP contribution is -2.10. The summed E-state index contributed by atoms with van der Waals surface area (Å²) < 4.78 is 4.88. The van der Waals surface area contributed by atoms with E-state index >= 15 is 0 Å². The first-order valence-electron chi connectivity index (χ1n) is 8.66. The van der Waals surface area contributed by atoms with Crippen molar-refractivity contribution in [2.75, 3.05) is 6.61 Å². The number of benzene rings is 2. The quantitative estimate of drug-likeness (QED) is 0.537. The van der Waals surface area contributed by atoms with Gasteiger partial charge >= 0.3 is 5.97 Å². The van der Waals surface area contributed by atoms with Gasteiger partial charge in [-0.25, -0.2) is 4.98 Å². The SMILES string of the molecule is CCOC(=O)CC(O)c1cc(O)cc2[nH]c(CCc3ccccc3)nc12.Cl. The minimum absolute atomic E-state index is 0. The van der Waals surface area contributed by atoms with Gasteiger partial charge in [0.1, 0.15) is 11.6 Å². The Morgan fingerprint density at radius 1 is 1.22 bits per heavy atom. The Bertz CT molecular complexity index is 896. The fourth-order valence-corrected chi connectivity index (χ4v) is 2.95. The van der Waals surface area contributed by atoms with Crippen LogP contribution in [0.25, 0.3) is 11.0 Å². The maximum atomic E-state index is 11.6. The van der Waals surface area contributed by atoms with E-state index in [1.807, 2.05) is 18.2 Å². The highest BCUT2D eigenvalue weighted by molar-refractivity contribution is 5.85. The predicted octanol–water partition coefficient (Wildman–Crippen LogP) is 3.46. The first-order valence-corrected chi connectivity index (χ1v) is 8.66. The molecule has 1 atom stereocenters. The first kappa shape index (κ1) is 20.7. The number of halogens is 1. The van der Waals surface area contributed by atoms with Crippen LogP contribution in [0.4, 0.5) is 0 Å². The lowest BCUT2D eigenvalue weighted by molar-refractivity contribution is -0.145. The number of imidazole rings is 1. The summed E-state index contributed by atoms with van der Waals surface area (Å²) >= 11 is 0. The van der Waals surface area contributed by atoms with Crippen molar-refractivity contribution in [1.29, 1.82) is 0 Å². The topological polar surface area (TPSA) is 95.4 Å². The highest BCUT2D eigenvalue weighted by Gasteiger charge is 2.19. The molecule has 0 saturated carbocycles. The Morgan fingerprint density at radius 2 is 1.96 bits per heavy atom. The van der Waals surface area contributed by atoms with E-state index in [2.05, 4.69) is 22.1 Å². The van der Waals surface area contributed by atoms with Crippen molar-refractivity contribution in [1.82, 2.24) is 9.97 Å². The van der Waals surface area contributed by atoms with Crippen LogP contribution in [0.3, 0.4) is 0 Å². The Balaban J connectivity index is 0.00000261. The minimum Gasteiger partial charge on any atom is -0.508 e. The van der Waals surface area contributed by atoms with Crippen molar-refractivity contribution in [3.63, 3.8) is 0 Å². The van der Waals surface area contributed by atoms with E-state index in [-0.39, 0.29) is 31.2 Å². The molecule has 27 heavy (non-hydrogen) atoms. The number of aryl methyl sites for hydroxylation is 2. The molecule has 0 aliphatic carbocycles. The normalized spacial score (nSPS) is 11.8. The van der Waals surface area contributed by atoms with E-state index in [9.17, 15) is 15.0 Å². The summed E-state index contributed by atoms with van der Waals surface area (Å²) in [6.45, 7) is 1.97. The van der Waals surface area contributed by atoms with Gasteiger partial charge in [0.15, 0.2) is 0 Å². The predicted molar refractivity (Wildman–Crippen MR) is 105 cm³/mol. The number of aromatic hydroxyl groups is 1. The zero-order valence-corrected chi connectivity index (χ0v) is 15.8. The average molecular weight is 391 g/mol. The van der Waals surface area contributed by atoms with Gasteiger partial charge in [-0.3, -0.25) is 4.79 Å². The number of fused-ring (bicyclic) bond motifs is 1. The van der Waals surface area contributed by atoms with Crippen LogP contribution in [0.15, 0.2) is 42.5 Å². The zero-order valence-electron chi connectivity index (χ0n) is 15.0. The number of phenols is 1. The number of aromatic amines is 1. The Hall–Kier alpha value is -2.57. The Kier molecular flexibility index (Phi) is 7.21. The zero-order chi connectivity index (χ0) is 18.5. The van der Waals surface area contributed by atoms with Gasteiger partial charge in [-0.15, -0.1) is 12.4 Å². The number of aliphatic hydroxyl groups is 1. The smallest absolute Gasteiger partial charge is 0.308 e. The van der Waals surface area contributed by atoms with Crippen LogP contribution in [0.2, 0.25) is 0 Å². The van der Waals surface area contributed by atoms with Crippen molar-refractivity contribution in [2.45, 2.75) is 32.3 Å². The van der Waals surface area contributed by atoms with Crippen molar-refractivity contribution in [3.8, 4) is 5.75 Å². The number of nitrogens with zero attached hydrogens (tertiary/aromatic N) is 1. The lowest BCUT2D eigenvalue weighted by Gasteiger charge is -2.11. The number of nitrogens with one attached hydrogen (secondary N) is 1. The average Bonchev–Trinajstić information content (AvgIpc) is 3.03. The second kappa shape index (κ2) is 9.39. The van der Waals surface area contributed by atoms with Crippen LogP contribution in [-0.4, -0.2) is 32.8 Å². The van der Waals surface area contributed by atoms with E-state index in [1.54, 1.807) is 13.0 Å². The third-order valence-electron chi connectivity index (χ3n) is 4.17. The monoisotopic (exact) mass is 390 g/mol. The molecular weight excluding hydrogens is 368 g/mol. The maximum absolute atomic E-state index is 11.6. The molecule has 3 rings (SSSR count). The molecule has 2 aromatic carbocycles. The molecule has 6 nitrogen and oxygen atoms in total. The van der Waals surface area contributed by atoms with E-state index in [1.165, 1.54) is 11.6 Å². The number of phenolic OH excluding ortho intramolecular Hbond substituents is 1. The molecule has 0 spiro atoms. The highest BCUT2D eigenvalue weighted by Crippen LogP contribution is 2.29. The summed E-state index contributed by atoms with van der Waals surface area (Å²) in [6, 6.07) is 13.1. The van der Waals surface area contributed by atoms with Crippen LogP contribution in [-0.2, 0) is 22.4 Å². The Labute approximate surface area is 163 Å². The largest absolute Gasteiger partial charge is 0.508 e. The van der Waals surface area contributed by atoms with Crippen molar-refractivity contribution >= 4 is 29.4 Å². The minimum atomic E-state index is -1.09. The third-order valence-corrected chi connectivity index (χ3v) is 4.17. The van der Waals surface area contributed by atoms with Crippen LogP contribution in [0.1, 0.15) is 36.4 Å². The number of hydrogen-bond donors (Lipinski definition) is 3. The number of carbonyl (C=O) groups is 1. The fraction of sp³-hybridized carbons (Fsp3) is 0.300. The summed E-state index contributed by atoms with van der Waals surface area (Å²) in [5, 5.41) is 20.3. The number of carbonyl (C=O) groups excluding carboxylic acids is 1. The van der Waals surface area contributed by atoms with Gasteiger partial charge in [0.05, 0.1) is 30.2 Å². The fourth-order valence-electron chi connectivity index (χ4n) is 2.95. The molecule has 3 N–H and O–H groups in total. The summed E-state index contributed by atoms with van der Waals surface area (Å²) in [5.74, 6) is 0.282. The number of rotatable bonds is 7. The second-order valence-electron chi connectivity index (χ2n) is 6.13. The van der Waals surface area contributed by atoms with Crippen LogP contribution in [0.5, 0.6) is 5.75 Å². The first-order chi connectivity index (χ1) is 12.6. The molecule has 0 fully saturated rings. The number of aliphatic hydroxyl groups excluding tert-OH is 1. The molecule has 0 aliphatic rings. The molecule has 144 valence electrons. The Morgan fingerprint density at radius 3 is 2.67 bits per heavy atom. The summed E-state index contributed by atoms with van der Waals surface area (Å²) in [7, 11) is 0. The van der Waals surface area contributed by atoms with Gasteiger partial charge in [-0.1, -0.05) is 30.3 Å². The summed E-state index contributed by atoms with van der Waals surface area (Å²) in [4.78, 5) is 19.4. The van der Waals surface area contributed by atoms with Gasteiger partial charge in [-0.2, -0.15) is 0 Å². The standard InChI is InChI=1S/C20H22N2O4.ClH/c1-2-26-19(25)12-17(24)15-10-14(23)11-16-20(15)22-18(21-16)9-8-13-6-4-3-5-7-13;/h3-7,10-11,17,23-24H,2,8-9,12H2,1H3,(H,21,22);1H. The molecule has 0 bridgehead atoms. The highest BCUT2D eigenvalue weighted by atomic mass is 35.5. The number of esters is 1. The molecule has 0 amide bonds. The molecule has 1 heterocycles. The van der Waals surface area contributed by atoms with Gasteiger partial charge in [0.25, 0.3) is 0 Å². The molecule has 3 aromatic rings. The van der Waals surface area contributed by atoms with Crippen molar-refractivity contribution < 1.29 is 19.7 Å². The lowest BCUT2D eigenvalue weighted by atomic mass is 10.0. The summed E-state index contributed by atoms with van der Waals surface area (Å²) in [5.41, 5.74) is 2.81. The van der Waals surface area contributed by atoms with Gasteiger partial charge in [0, 0.05) is 18.1 Å². The molecule has 1 unspecified atom stereocenters. The number of hydrogen-bond acceptors (Lipinski definition) is 5. The van der Waals surface area contributed by atoms with Crippen LogP contribution >= 0.6 is 12.4 Å². The van der Waals surface area contributed by atoms with E-state index in [0.29, 0.717) is 23.0 Å². The van der Waals surface area contributed by atoms with Gasteiger partial charge in [-0.05, 0) is 25.0 Å². The number of ether oxygens (including phenoxy) is 1. The van der Waals surface area contributed by atoms with Crippen LogP contribution in [0, 0.1) is 0 Å². The van der Waals surface area contributed by atoms with E-state index < -0.39 is 12.1 Å². The molecule has 1 aromatic heterocycles. The molecule has 7 heteroatoms. The maximum Gasteiger partial charge on any atom is 0.308 e. The third kappa shape index (κ3) is 5.21. The number of aromatic nitrogens is 2. The molecule has 0 radical (unpaired) electrons. The number of H-pyrrole nitrogens is 1. The van der Waals surface area contributed by atoms with Crippen molar-refractivity contribution in [3.05, 3.63) is 59.4 Å². The summed E-state index contributed by atoms with van der Waals surface area (Å²) in [6.07, 6.45) is 0.257.